The van der Waals surface area contributed by atoms with Crippen LogP contribution >= 0.6 is 0 Å². The van der Waals surface area contributed by atoms with E-state index in [9.17, 15) is 18.0 Å². The second-order valence-electron chi connectivity index (χ2n) is 4.40. The number of imidazole rings is 1. The van der Waals surface area contributed by atoms with Gasteiger partial charge >= 0.3 is 6.18 Å². The maximum absolute atomic E-state index is 12.7. The van der Waals surface area contributed by atoms with Gasteiger partial charge in [-0.15, -0.1) is 0 Å². The molecule has 2 heterocycles. The zero-order valence-corrected chi connectivity index (χ0v) is 10.1. The van der Waals surface area contributed by atoms with Crippen molar-refractivity contribution in [2.45, 2.75) is 6.18 Å². The Morgan fingerprint density at radius 2 is 1.90 bits per heavy atom. The summed E-state index contributed by atoms with van der Waals surface area (Å²) < 4.78 is 39.7. The van der Waals surface area contributed by atoms with Gasteiger partial charge in [-0.2, -0.15) is 13.2 Å². The second-order valence-corrected chi connectivity index (χ2v) is 4.40. The highest BCUT2D eigenvalue weighted by Gasteiger charge is 2.30. The molecule has 0 amide bonds. The van der Waals surface area contributed by atoms with Crippen LogP contribution in [0.25, 0.3) is 16.9 Å². The number of rotatable bonds is 1. The van der Waals surface area contributed by atoms with E-state index in [4.69, 9.17) is 0 Å². The first-order chi connectivity index (χ1) is 9.43. The summed E-state index contributed by atoms with van der Waals surface area (Å²) >= 11 is 0. The number of nitrogens with one attached hydrogen (secondary N) is 1. The first-order valence-corrected chi connectivity index (χ1v) is 5.82. The fraction of sp³-hybridized carbons (Fsp3) is 0.0714. The maximum atomic E-state index is 12.7. The largest absolute Gasteiger partial charge is 0.416 e. The third kappa shape index (κ3) is 2.20. The van der Waals surface area contributed by atoms with E-state index in [0.29, 0.717) is 16.9 Å². The molecule has 102 valence electrons. The molecule has 0 radical (unpaired) electrons. The number of pyridine rings is 1. The lowest BCUT2D eigenvalue weighted by atomic mass is 10.1. The fourth-order valence-corrected chi connectivity index (χ4v) is 2.02. The number of H-pyrrole nitrogens is 1. The molecule has 1 N–H and O–H groups in total. The van der Waals surface area contributed by atoms with Gasteiger partial charge in [0.25, 0.3) is 0 Å². The summed E-state index contributed by atoms with van der Waals surface area (Å²) in [6, 6.07) is 7.80. The molecule has 0 atom stereocenters. The van der Waals surface area contributed by atoms with Crippen molar-refractivity contribution in [3.05, 3.63) is 64.6 Å². The number of benzene rings is 1. The summed E-state index contributed by atoms with van der Waals surface area (Å²) in [6.45, 7) is 0. The molecule has 0 aliphatic heterocycles. The number of aromatic amines is 1. The van der Waals surface area contributed by atoms with Crippen LogP contribution < -0.4 is 5.43 Å². The summed E-state index contributed by atoms with van der Waals surface area (Å²) in [5, 5.41) is 0. The minimum atomic E-state index is -4.38. The van der Waals surface area contributed by atoms with Crippen LogP contribution in [-0.4, -0.2) is 9.38 Å². The van der Waals surface area contributed by atoms with Crippen LogP contribution in [0.4, 0.5) is 13.2 Å². The topological polar surface area (TPSA) is 37.3 Å². The van der Waals surface area contributed by atoms with Crippen LogP contribution in [0.1, 0.15) is 5.56 Å². The minimum Gasteiger partial charge on any atom is -0.340 e. The molecule has 0 aliphatic rings. The predicted molar refractivity (Wildman–Crippen MR) is 68.5 cm³/mol. The zero-order valence-electron chi connectivity index (χ0n) is 10.1. The van der Waals surface area contributed by atoms with Gasteiger partial charge in [-0.1, -0.05) is 12.1 Å². The van der Waals surface area contributed by atoms with Crippen LogP contribution in [-0.2, 0) is 6.18 Å². The summed E-state index contributed by atoms with van der Waals surface area (Å²) in [7, 11) is 0. The molecule has 3 nitrogen and oxygen atoms in total. The van der Waals surface area contributed by atoms with E-state index in [0.717, 1.165) is 12.1 Å². The van der Waals surface area contributed by atoms with Crippen molar-refractivity contribution in [2.24, 2.45) is 0 Å². The van der Waals surface area contributed by atoms with Gasteiger partial charge in [0.05, 0.1) is 11.3 Å². The first kappa shape index (κ1) is 12.5. The molecule has 2 aromatic heterocycles. The van der Waals surface area contributed by atoms with Crippen LogP contribution in [0.3, 0.4) is 0 Å². The summed E-state index contributed by atoms with van der Waals surface area (Å²) in [4.78, 5) is 14.2. The third-order valence-corrected chi connectivity index (χ3v) is 2.99. The second kappa shape index (κ2) is 4.26. The lowest BCUT2D eigenvalue weighted by Crippen LogP contribution is -2.04. The van der Waals surface area contributed by atoms with Gasteiger partial charge in [0.1, 0.15) is 5.65 Å². The summed E-state index contributed by atoms with van der Waals surface area (Å²) in [5.41, 5.74) is 0.591. The van der Waals surface area contributed by atoms with E-state index in [1.165, 1.54) is 18.2 Å². The van der Waals surface area contributed by atoms with Gasteiger partial charge in [-0.25, -0.2) is 0 Å². The Morgan fingerprint density at radius 3 is 2.65 bits per heavy atom. The highest BCUT2D eigenvalue weighted by molar-refractivity contribution is 5.63. The van der Waals surface area contributed by atoms with Crippen molar-refractivity contribution in [3.63, 3.8) is 0 Å². The number of fused-ring (bicyclic) bond motifs is 1. The van der Waals surface area contributed by atoms with E-state index in [1.807, 2.05) is 0 Å². The predicted octanol–water partition coefficient (Wildman–Crippen LogP) is 3.31. The molecule has 6 heteroatoms. The molecule has 20 heavy (non-hydrogen) atoms. The van der Waals surface area contributed by atoms with Crippen molar-refractivity contribution in [2.75, 3.05) is 0 Å². The van der Waals surface area contributed by atoms with E-state index in [1.54, 1.807) is 22.9 Å². The number of aromatic nitrogens is 2. The quantitative estimate of drug-likeness (QED) is 0.728. The number of nitrogens with zero attached hydrogens (tertiary/aromatic N) is 1. The molecule has 0 bridgehead atoms. The van der Waals surface area contributed by atoms with Crippen LogP contribution in [0, 0.1) is 0 Å². The molecule has 0 saturated heterocycles. The van der Waals surface area contributed by atoms with Gasteiger partial charge < -0.3 is 9.38 Å². The Morgan fingerprint density at radius 1 is 1.10 bits per heavy atom. The molecule has 0 spiro atoms. The van der Waals surface area contributed by atoms with Gasteiger partial charge in [-0.05, 0) is 12.1 Å². The molecule has 0 aliphatic carbocycles. The molecule has 3 aromatic rings. The number of hydrogen-bond acceptors (Lipinski definition) is 1. The number of alkyl halides is 3. The van der Waals surface area contributed by atoms with Crippen molar-refractivity contribution in [1.29, 1.82) is 0 Å². The SMILES string of the molecule is O=c1ccn2cc(-c3cccc(C(F)(F)F)c3)[nH]c2c1. The lowest BCUT2D eigenvalue weighted by molar-refractivity contribution is -0.137. The monoisotopic (exact) mass is 278 g/mol. The van der Waals surface area contributed by atoms with Gasteiger partial charge in [0.2, 0.25) is 0 Å². The van der Waals surface area contributed by atoms with Gasteiger partial charge in [0.15, 0.2) is 5.43 Å². The first-order valence-electron chi connectivity index (χ1n) is 5.82. The van der Waals surface area contributed by atoms with Crippen LogP contribution in [0.2, 0.25) is 0 Å². The smallest absolute Gasteiger partial charge is 0.340 e. The summed E-state index contributed by atoms with van der Waals surface area (Å²) in [5.74, 6) is 0. The van der Waals surface area contributed by atoms with Crippen LogP contribution in [0.5, 0.6) is 0 Å². The fourth-order valence-electron chi connectivity index (χ4n) is 2.02. The van der Waals surface area contributed by atoms with E-state index >= 15 is 0 Å². The lowest BCUT2D eigenvalue weighted by Gasteiger charge is -2.07. The minimum absolute atomic E-state index is 0.164. The standard InChI is InChI=1S/C14H9F3N2O/c15-14(16,17)10-3-1-2-9(6-10)12-8-19-5-4-11(20)7-13(19)18-12/h1-8,18H. The highest BCUT2D eigenvalue weighted by atomic mass is 19.4. The Kier molecular flexibility index (Phi) is 2.67. The van der Waals surface area contributed by atoms with Gasteiger partial charge in [0, 0.05) is 30.1 Å². The highest BCUT2D eigenvalue weighted by Crippen LogP contribution is 2.31. The molecular weight excluding hydrogens is 269 g/mol. The van der Waals surface area contributed by atoms with E-state index < -0.39 is 11.7 Å². The Bertz CT molecular complexity index is 830. The number of hydrogen-bond donors (Lipinski definition) is 1. The van der Waals surface area contributed by atoms with E-state index in [2.05, 4.69) is 4.98 Å². The molecule has 0 saturated carbocycles. The summed E-state index contributed by atoms with van der Waals surface area (Å²) in [6.07, 6.45) is -1.17. The average Bonchev–Trinajstić information content (AvgIpc) is 2.81. The Hall–Kier alpha value is -2.50. The van der Waals surface area contributed by atoms with Crippen molar-refractivity contribution in [1.82, 2.24) is 9.38 Å². The molecule has 0 fully saturated rings. The molecule has 3 rings (SSSR count). The normalized spacial score (nSPS) is 11.9. The van der Waals surface area contributed by atoms with E-state index in [-0.39, 0.29) is 5.43 Å². The number of halogens is 3. The Balaban J connectivity index is 2.13. The van der Waals surface area contributed by atoms with Gasteiger partial charge in [-0.3, -0.25) is 4.79 Å². The maximum Gasteiger partial charge on any atom is 0.416 e. The molecular formula is C14H9F3N2O. The van der Waals surface area contributed by atoms with Crippen molar-refractivity contribution >= 4 is 5.65 Å². The Labute approximate surface area is 111 Å². The van der Waals surface area contributed by atoms with Crippen molar-refractivity contribution in [3.8, 4) is 11.3 Å². The van der Waals surface area contributed by atoms with Crippen LogP contribution in [0.15, 0.2) is 53.6 Å². The zero-order chi connectivity index (χ0) is 14.3. The average molecular weight is 278 g/mol. The third-order valence-electron chi connectivity index (χ3n) is 2.99. The molecule has 0 unspecified atom stereocenters. The van der Waals surface area contributed by atoms with Crippen molar-refractivity contribution < 1.29 is 13.2 Å². The molecule has 1 aromatic carbocycles.